The Labute approximate surface area is 185 Å². The second kappa shape index (κ2) is 9.15. The highest BCUT2D eigenvalue weighted by Crippen LogP contribution is 2.36. The van der Waals surface area contributed by atoms with Crippen molar-refractivity contribution >= 4 is 28.5 Å². The molecule has 9 nitrogen and oxygen atoms in total. The third kappa shape index (κ3) is 4.62. The molecule has 31 heavy (non-hydrogen) atoms. The average Bonchev–Trinajstić information content (AvgIpc) is 3.14. The molecule has 2 aromatic heterocycles. The van der Waals surface area contributed by atoms with Gasteiger partial charge in [0.25, 0.3) is 0 Å². The minimum Gasteiger partial charge on any atom is -0.504 e. The molecule has 0 aliphatic rings. The number of halogens is 1. The number of rotatable bonds is 7. The van der Waals surface area contributed by atoms with Crippen LogP contribution in [-0.4, -0.2) is 47.7 Å². The van der Waals surface area contributed by atoms with Crippen LogP contribution in [0, 0.1) is 0 Å². The molecule has 1 aromatic carbocycles. The molecule has 168 valence electrons. The van der Waals surface area contributed by atoms with E-state index in [9.17, 15) is 15.3 Å². The zero-order valence-corrected chi connectivity index (χ0v) is 19.1. The maximum absolute atomic E-state index is 10.2. The van der Waals surface area contributed by atoms with Crippen molar-refractivity contribution in [1.82, 2.24) is 19.7 Å². The summed E-state index contributed by atoms with van der Waals surface area (Å²) in [6.07, 6.45) is -0.600. The monoisotopic (exact) mass is 448 g/mol. The molecule has 0 amide bonds. The van der Waals surface area contributed by atoms with E-state index in [-0.39, 0.29) is 41.6 Å². The largest absolute Gasteiger partial charge is 0.504 e. The summed E-state index contributed by atoms with van der Waals surface area (Å²) >= 11 is 5.85. The number of nitrogens with zero attached hydrogens (tertiary/aromatic N) is 4. The Hall–Kier alpha value is -2.78. The van der Waals surface area contributed by atoms with Crippen molar-refractivity contribution in [2.75, 3.05) is 11.9 Å². The molecular formula is C21H29ClN6O3. The van der Waals surface area contributed by atoms with E-state index in [0.717, 1.165) is 11.2 Å². The zero-order chi connectivity index (χ0) is 22.9. The topological polar surface area (TPSA) is 132 Å². The highest BCUT2D eigenvalue weighted by molar-refractivity contribution is 6.32. The van der Waals surface area contributed by atoms with Crippen molar-refractivity contribution in [3.05, 3.63) is 34.0 Å². The number of aliphatic hydroxyl groups is 1. The first-order chi connectivity index (χ1) is 14.6. The number of anilines is 1. The molecule has 3 rings (SSSR count). The van der Waals surface area contributed by atoms with E-state index in [1.54, 1.807) is 13.0 Å². The molecule has 3 aromatic rings. The third-order valence-corrected chi connectivity index (χ3v) is 5.19. The molecule has 0 fully saturated rings. The fourth-order valence-electron chi connectivity index (χ4n) is 3.32. The fourth-order valence-corrected chi connectivity index (χ4v) is 3.48. The van der Waals surface area contributed by atoms with E-state index < -0.39 is 6.10 Å². The van der Waals surface area contributed by atoms with E-state index in [4.69, 9.17) is 11.6 Å². The molecule has 1 atom stereocenters. The van der Waals surface area contributed by atoms with E-state index in [1.165, 1.54) is 6.07 Å². The smallest absolute Gasteiger partial charge is 0.227 e. The van der Waals surface area contributed by atoms with Gasteiger partial charge < -0.3 is 25.2 Å². The van der Waals surface area contributed by atoms with E-state index in [1.807, 2.05) is 18.4 Å². The maximum Gasteiger partial charge on any atom is 0.227 e. The summed E-state index contributed by atoms with van der Waals surface area (Å²) in [6, 6.07) is 3.20. The molecule has 10 heteroatoms. The van der Waals surface area contributed by atoms with Crippen LogP contribution in [0.5, 0.6) is 11.5 Å². The van der Waals surface area contributed by atoms with Crippen molar-refractivity contribution in [1.29, 1.82) is 0 Å². The summed E-state index contributed by atoms with van der Waals surface area (Å²) in [6.45, 7) is 10.3. The lowest BCUT2D eigenvalue weighted by Gasteiger charge is -2.17. The summed E-state index contributed by atoms with van der Waals surface area (Å²) in [5.74, 6) is 0.0213. The highest BCUT2D eigenvalue weighted by Gasteiger charge is 2.20. The van der Waals surface area contributed by atoms with Crippen LogP contribution in [0.15, 0.2) is 17.1 Å². The number of hydrogen-bond donors (Lipinski definition) is 5. The van der Waals surface area contributed by atoms with Gasteiger partial charge in [-0.3, -0.25) is 5.10 Å². The van der Waals surface area contributed by atoms with Crippen molar-refractivity contribution in [2.45, 2.75) is 59.2 Å². The van der Waals surface area contributed by atoms with Crippen molar-refractivity contribution < 1.29 is 15.3 Å². The number of hydrogen-bond acceptors (Lipinski definition) is 7. The van der Waals surface area contributed by atoms with Crippen molar-refractivity contribution in [2.24, 2.45) is 4.99 Å². The van der Waals surface area contributed by atoms with Crippen LogP contribution in [0.1, 0.15) is 57.8 Å². The summed E-state index contributed by atoms with van der Waals surface area (Å²) in [7, 11) is 0. The summed E-state index contributed by atoms with van der Waals surface area (Å²) in [4.78, 5) is 9.20. The van der Waals surface area contributed by atoms with Gasteiger partial charge in [-0.15, -0.1) is 0 Å². The summed E-state index contributed by atoms with van der Waals surface area (Å²) < 4.78 is 2.01. The van der Waals surface area contributed by atoms with Crippen LogP contribution in [-0.2, 0) is 6.54 Å². The fraction of sp³-hybridized carbons (Fsp3) is 0.476. The molecular weight excluding hydrogens is 420 g/mol. The number of aromatic amines is 1. The van der Waals surface area contributed by atoms with Gasteiger partial charge in [-0.25, -0.2) is 4.99 Å². The first-order valence-electron chi connectivity index (χ1n) is 10.2. The van der Waals surface area contributed by atoms with Gasteiger partial charge in [-0.2, -0.15) is 10.1 Å². The lowest BCUT2D eigenvalue weighted by molar-refractivity contribution is 0.202. The Morgan fingerprint density at radius 2 is 1.87 bits per heavy atom. The van der Waals surface area contributed by atoms with E-state index >= 15 is 0 Å². The molecule has 0 radical (unpaired) electrons. The number of aromatic hydroxyl groups is 2. The number of nitrogens with one attached hydrogen (secondary N) is 2. The van der Waals surface area contributed by atoms with E-state index in [0.29, 0.717) is 22.5 Å². The molecule has 0 saturated carbocycles. The number of phenols is 2. The minimum absolute atomic E-state index is 0.0594. The van der Waals surface area contributed by atoms with Crippen LogP contribution < -0.4 is 10.9 Å². The number of benzene rings is 1. The standard InChI is InChI=1S/C21H29ClN6O3/c1-10(2)15-17-16(27-26-15)20(23-9-13-6-7-14(22)19(31)18(13)30)25-21(24-8-12(5)29)28(17)11(3)4/h6-7,10-12,29-31H,8-9H2,1-5H3,(H,26,27)(H,23,24,25). The van der Waals surface area contributed by atoms with Crippen LogP contribution >= 0.6 is 11.6 Å². The van der Waals surface area contributed by atoms with Crippen LogP contribution in [0.2, 0.25) is 5.02 Å². The lowest BCUT2D eigenvalue weighted by atomic mass is 10.1. The third-order valence-electron chi connectivity index (χ3n) is 4.88. The predicted octanol–water partition coefficient (Wildman–Crippen LogP) is 3.42. The van der Waals surface area contributed by atoms with Gasteiger partial charge in [-0.1, -0.05) is 31.5 Å². The molecule has 1 unspecified atom stereocenters. The number of H-pyrrole nitrogens is 1. The van der Waals surface area contributed by atoms with Gasteiger partial charge in [0.05, 0.1) is 28.9 Å². The Kier molecular flexibility index (Phi) is 6.76. The van der Waals surface area contributed by atoms with Crippen LogP contribution in [0.4, 0.5) is 5.82 Å². The second-order valence-electron chi connectivity index (χ2n) is 8.16. The molecule has 0 saturated heterocycles. The van der Waals surface area contributed by atoms with Gasteiger partial charge in [0, 0.05) is 18.2 Å². The molecule has 0 aliphatic carbocycles. The maximum atomic E-state index is 10.2. The van der Waals surface area contributed by atoms with Gasteiger partial charge in [0.2, 0.25) is 5.62 Å². The SMILES string of the molecule is CC(O)CN=c1nc(NCc2ccc(Cl)c(O)c2O)c2n[nH]c(C(C)C)c2n1C(C)C. The molecule has 0 aliphatic heterocycles. The number of aromatic nitrogens is 4. The Morgan fingerprint density at radius 1 is 1.16 bits per heavy atom. The lowest BCUT2D eigenvalue weighted by Crippen LogP contribution is -2.29. The normalized spacial score (nSPS) is 13.5. The summed E-state index contributed by atoms with van der Waals surface area (Å²) in [5.41, 5.74) is 3.41. The van der Waals surface area contributed by atoms with Gasteiger partial charge in [-0.05, 0) is 32.8 Å². The molecule has 5 N–H and O–H groups in total. The van der Waals surface area contributed by atoms with Gasteiger partial charge in [0.15, 0.2) is 22.8 Å². The van der Waals surface area contributed by atoms with Crippen LogP contribution in [0.3, 0.4) is 0 Å². The first-order valence-corrected chi connectivity index (χ1v) is 10.6. The van der Waals surface area contributed by atoms with Gasteiger partial charge in [0.1, 0.15) is 0 Å². The minimum atomic E-state index is -0.600. The average molecular weight is 449 g/mol. The Balaban J connectivity index is 2.16. The Bertz CT molecular complexity index is 1150. The van der Waals surface area contributed by atoms with Gasteiger partial charge >= 0.3 is 0 Å². The summed E-state index contributed by atoms with van der Waals surface area (Å²) in [5, 5.41) is 40.7. The first kappa shape index (κ1) is 22.9. The molecule has 2 heterocycles. The molecule has 0 bridgehead atoms. The number of aliphatic hydroxyl groups excluding tert-OH is 1. The van der Waals surface area contributed by atoms with Crippen molar-refractivity contribution in [3.63, 3.8) is 0 Å². The quantitative estimate of drug-likeness (QED) is 0.352. The number of fused-ring (bicyclic) bond motifs is 1. The molecule has 0 spiro atoms. The highest BCUT2D eigenvalue weighted by atomic mass is 35.5. The van der Waals surface area contributed by atoms with E-state index in [2.05, 4.69) is 39.3 Å². The number of phenolic OH excluding ortho intramolecular Hbond substituents is 2. The Morgan fingerprint density at radius 3 is 2.48 bits per heavy atom. The second-order valence-corrected chi connectivity index (χ2v) is 8.57. The predicted molar refractivity (Wildman–Crippen MR) is 121 cm³/mol. The zero-order valence-electron chi connectivity index (χ0n) is 18.3. The van der Waals surface area contributed by atoms with Crippen LogP contribution in [0.25, 0.3) is 11.0 Å². The van der Waals surface area contributed by atoms with Crippen molar-refractivity contribution in [3.8, 4) is 11.5 Å².